The van der Waals surface area contributed by atoms with Crippen molar-refractivity contribution < 1.29 is 0 Å². The maximum atomic E-state index is 11.8. The Morgan fingerprint density at radius 1 is 1.25 bits per heavy atom. The average Bonchev–Trinajstić information content (AvgIpc) is 2.25. The van der Waals surface area contributed by atoms with Gasteiger partial charge in [0.15, 0.2) is 0 Å². The molecule has 0 aliphatic carbocycles. The molecule has 0 fully saturated rings. The number of hydrogen-bond donors (Lipinski definition) is 0. The zero-order valence-electron chi connectivity index (χ0n) is 8.98. The molecule has 0 unspecified atom stereocenters. The molecule has 3 heteroatoms. The van der Waals surface area contributed by atoms with Crippen LogP contribution >= 0.6 is 22.6 Å². The molecule has 0 atom stereocenters. The first-order chi connectivity index (χ1) is 7.66. The monoisotopic (exact) mass is 325 g/mol. The maximum absolute atomic E-state index is 11.8. The van der Waals surface area contributed by atoms with Gasteiger partial charge in [0.05, 0.1) is 10.1 Å². The van der Waals surface area contributed by atoms with Crippen molar-refractivity contribution in [3.05, 3.63) is 67.6 Å². The number of aryl methyl sites for hydroxylation is 1. The third-order valence-electron chi connectivity index (χ3n) is 2.41. The van der Waals surface area contributed by atoms with Gasteiger partial charge in [0.1, 0.15) is 0 Å². The zero-order chi connectivity index (χ0) is 11.5. The van der Waals surface area contributed by atoms with Crippen LogP contribution in [0.15, 0.2) is 47.4 Å². The molecule has 0 spiro atoms. The molecule has 1 heterocycles. The number of pyridine rings is 1. The summed E-state index contributed by atoms with van der Waals surface area (Å²) in [7, 11) is 0. The summed E-state index contributed by atoms with van der Waals surface area (Å²) >= 11 is 2.07. The van der Waals surface area contributed by atoms with Gasteiger partial charge < -0.3 is 4.57 Å². The highest BCUT2D eigenvalue weighted by Gasteiger charge is 2.00. The van der Waals surface area contributed by atoms with Crippen molar-refractivity contribution in [2.45, 2.75) is 13.5 Å². The van der Waals surface area contributed by atoms with E-state index < -0.39 is 0 Å². The Morgan fingerprint density at radius 2 is 2.06 bits per heavy atom. The quantitative estimate of drug-likeness (QED) is 0.779. The molecule has 0 amide bonds. The van der Waals surface area contributed by atoms with Crippen molar-refractivity contribution in [1.82, 2.24) is 4.57 Å². The predicted octanol–water partition coefficient (Wildman–Crippen LogP) is 2.81. The molecule has 0 aliphatic heterocycles. The van der Waals surface area contributed by atoms with E-state index in [4.69, 9.17) is 0 Å². The summed E-state index contributed by atoms with van der Waals surface area (Å²) in [5, 5.41) is 0. The summed E-state index contributed by atoms with van der Waals surface area (Å²) in [5.41, 5.74) is 2.45. The molecule has 0 saturated heterocycles. The van der Waals surface area contributed by atoms with Crippen LogP contribution in [0.1, 0.15) is 11.1 Å². The van der Waals surface area contributed by atoms with Crippen LogP contribution in [0.4, 0.5) is 0 Å². The third kappa shape index (κ3) is 2.52. The molecule has 1 aromatic heterocycles. The van der Waals surface area contributed by atoms with Crippen molar-refractivity contribution in [2.24, 2.45) is 0 Å². The van der Waals surface area contributed by atoms with Crippen molar-refractivity contribution >= 4 is 22.6 Å². The topological polar surface area (TPSA) is 22.0 Å². The number of rotatable bonds is 2. The van der Waals surface area contributed by atoms with Crippen LogP contribution in [0.2, 0.25) is 0 Å². The molecule has 16 heavy (non-hydrogen) atoms. The van der Waals surface area contributed by atoms with E-state index in [-0.39, 0.29) is 5.56 Å². The molecule has 2 rings (SSSR count). The lowest BCUT2D eigenvalue weighted by Crippen LogP contribution is -2.21. The van der Waals surface area contributed by atoms with Crippen LogP contribution in [-0.4, -0.2) is 4.57 Å². The van der Waals surface area contributed by atoms with Crippen molar-refractivity contribution in [1.29, 1.82) is 0 Å². The minimum absolute atomic E-state index is 0.0737. The first-order valence-electron chi connectivity index (χ1n) is 5.07. The minimum atomic E-state index is 0.0737. The SMILES string of the molecule is Cc1cccc(Cn2cccc(I)c2=O)c1. The fourth-order valence-corrected chi connectivity index (χ4v) is 2.16. The second-order valence-electron chi connectivity index (χ2n) is 3.78. The van der Waals surface area contributed by atoms with Gasteiger partial charge in [0.25, 0.3) is 5.56 Å². The van der Waals surface area contributed by atoms with E-state index in [9.17, 15) is 4.79 Å². The number of benzene rings is 1. The second kappa shape index (κ2) is 4.82. The van der Waals surface area contributed by atoms with Gasteiger partial charge in [0, 0.05) is 6.20 Å². The van der Waals surface area contributed by atoms with Crippen LogP contribution < -0.4 is 5.56 Å². The summed E-state index contributed by atoms with van der Waals surface area (Å²) in [6.45, 7) is 2.69. The molecule has 2 nitrogen and oxygen atoms in total. The number of halogens is 1. The van der Waals surface area contributed by atoms with E-state index in [0.29, 0.717) is 6.54 Å². The molecular weight excluding hydrogens is 313 g/mol. The van der Waals surface area contributed by atoms with Gasteiger partial charge >= 0.3 is 0 Å². The van der Waals surface area contributed by atoms with Crippen molar-refractivity contribution in [3.8, 4) is 0 Å². The Labute approximate surface area is 108 Å². The van der Waals surface area contributed by atoms with Crippen molar-refractivity contribution in [2.75, 3.05) is 0 Å². The van der Waals surface area contributed by atoms with Gasteiger partial charge in [-0.25, -0.2) is 0 Å². The first-order valence-corrected chi connectivity index (χ1v) is 6.15. The smallest absolute Gasteiger partial charge is 0.264 e. The van der Waals surface area contributed by atoms with Gasteiger partial charge in [-0.15, -0.1) is 0 Å². The Bertz CT molecular complexity index is 560. The Kier molecular flexibility index (Phi) is 3.43. The molecule has 0 bridgehead atoms. The zero-order valence-corrected chi connectivity index (χ0v) is 11.1. The summed E-state index contributed by atoms with van der Waals surface area (Å²) in [6, 6.07) is 11.9. The highest BCUT2D eigenvalue weighted by Crippen LogP contribution is 2.05. The third-order valence-corrected chi connectivity index (χ3v) is 3.23. The average molecular weight is 325 g/mol. The first kappa shape index (κ1) is 11.4. The number of nitrogens with zero attached hydrogens (tertiary/aromatic N) is 1. The highest BCUT2D eigenvalue weighted by atomic mass is 127. The molecule has 1 aromatic carbocycles. The molecular formula is C13H12INO. The van der Waals surface area contributed by atoms with E-state index >= 15 is 0 Å². The van der Waals surface area contributed by atoms with E-state index in [1.54, 1.807) is 4.57 Å². The molecule has 0 saturated carbocycles. The van der Waals surface area contributed by atoms with E-state index in [2.05, 4.69) is 41.6 Å². The largest absolute Gasteiger partial charge is 0.310 e. The number of hydrogen-bond acceptors (Lipinski definition) is 1. The maximum Gasteiger partial charge on any atom is 0.264 e. The van der Waals surface area contributed by atoms with Crippen LogP contribution in [0, 0.1) is 10.5 Å². The van der Waals surface area contributed by atoms with Gasteiger partial charge in [0.2, 0.25) is 0 Å². The lowest BCUT2D eigenvalue weighted by atomic mass is 10.1. The summed E-state index contributed by atoms with van der Waals surface area (Å²) in [4.78, 5) is 11.8. The van der Waals surface area contributed by atoms with Gasteiger partial charge in [-0.3, -0.25) is 4.79 Å². The standard InChI is InChI=1S/C13H12INO/c1-10-4-2-5-11(8-10)9-15-7-3-6-12(14)13(15)16/h2-8H,9H2,1H3. The van der Waals surface area contributed by atoms with Crippen molar-refractivity contribution in [3.63, 3.8) is 0 Å². The van der Waals surface area contributed by atoms with Crippen LogP contribution in [0.3, 0.4) is 0 Å². The van der Waals surface area contributed by atoms with Gasteiger partial charge in [-0.05, 0) is 47.2 Å². The fourth-order valence-electron chi connectivity index (χ4n) is 1.64. The lowest BCUT2D eigenvalue weighted by molar-refractivity contribution is 0.754. The number of aromatic nitrogens is 1. The molecule has 82 valence electrons. The van der Waals surface area contributed by atoms with E-state index in [0.717, 1.165) is 9.13 Å². The normalized spacial score (nSPS) is 10.4. The van der Waals surface area contributed by atoms with E-state index in [1.165, 1.54) is 5.56 Å². The highest BCUT2D eigenvalue weighted by molar-refractivity contribution is 14.1. The van der Waals surface area contributed by atoms with Gasteiger partial charge in [-0.2, -0.15) is 0 Å². The Morgan fingerprint density at radius 3 is 2.81 bits per heavy atom. The van der Waals surface area contributed by atoms with Gasteiger partial charge in [-0.1, -0.05) is 29.8 Å². The molecule has 0 N–H and O–H groups in total. The fraction of sp³-hybridized carbons (Fsp3) is 0.154. The summed E-state index contributed by atoms with van der Waals surface area (Å²) in [6.07, 6.45) is 1.83. The summed E-state index contributed by atoms with van der Waals surface area (Å²) in [5.74, 6) is 0. The lowest BCUT2D eigenvalue weighted by Gasteiger charge is -2.06. The minimum Gasteiger partial charge on any atom is -0.310 e. The van der Waals surface area contributed by atoms with Crippen LogP contribution in [0.5, 0.6) is 0 Å². The Hall–Kier alpha value is -1.10. The molecule has 2 aromatic rings. The summed E-state index contributed by atoms with van der Waals surface area (Å²) < 4.78 is 2.49. The predicted molar refractivity (Wildman–Crippen MR) is 73.7 cm³/mol. The second-order valence-corrected chi connectivity index (χ2v) is 4.94. The van der Waals surface area contributed by atoms with Crippen LogP contribution in [-0.2, 0) is 6.54 Å². The molecule has 0 aliphatic rings. The Balaban J connectivity index is 2.34. The van der Waals surface area contributed by atoms with Crippen LogP contribution in [0.25, 0.3) is 0 Å². The molecule has 0 radical (unpaired) electrons. The van der Waals surface area contributed by atoms with E-state index in [1.807, 2.05) is 30.5 Å².